The van der Waals surface area contributed by atoms with E-state index in [0.717, 1.165) is 71.2 Å². The third-order valence-electron chi connectivity index (χ3n) is 4.20. The lowest BCUT2D eigenvalue weighted by atomic mass is 10.0. The van der Waals surface area contributed by atoms with Gasteiger partial charge < -0.3 is 24.8 Å². The van der Waals surface area contributed by atoms with Gasteiger partial charge in [-0.2, -0.15) is 0 Å². The van der Waals surface area contributed by atoms with Gasteiger partial charge in [-0.15, -0.1) is 24.0 Å². The Hall–Kier alpha value is -0.120. The van der Waals surface area contributed by atoms with Gasteiger partial charge in [0.05, 0.1) is 12.2 Å². The fraction of sp³-hybridized carbons (Fsp3) is 0.944. The highest BCUT2D eigenvalue weighted by Crippen LogP contribution is 2.11. The number of halogens is 1. The molecule has 0 aliphatic carbocycles. The van der Waals surface area contributed by atoms with E-state index in [1.165, 1.54) is 0 Å². The van der Waals surface area contributed by atoms with Crippen molar-refractivity contribution in [3.05, 3.63) is 0 Å². The van der Waals surface area contributed by atoms with E-state index in [1.54, 1.807) is 7.05 Å². The van der Waals surface area contributed by atoms with Crippen LogP contribution in [0.15, 0.2) is 4.99 Å². The van der Waals surface area contributed by atoms with Crippen LogP contribution < -0.4 is 10.6 Å². The average molecular weight is 471 g/mol. The molecular weight excluding hydrogens is 433 g/mol. The van der Waals surface area contributed by atoms with Gasteiger partial charge in [0, 0.05) is 46.6 Å². The second kappa shape index (κ2) is 16.1. The minimum atomic E-state index is 0. The molecule has 7 heteroatoms. The van der Waals surface area contributed by atoms with E-state index < -0.39 is 0 Å². The van der Waals surface area contributed by atoms with Crippen molar-refractivity contribution in [2.45, 2.75) is 58.7 Å². The van der Waals surface area contributed by atoms with E-state index >= 15 is 0 Å². The minimum Gasteiger partial charge on any atom is -0.381 e. The number of aliphatic imine (C=N–C) groups is 1. The van der Waals surface area contributed by atoms with E-state index in [9.17, 15) is 0 Å². The lowest BCUT2D eigenvalue weighted by Crippen LogP contribution is -2.40. The molecule has 1 saturated heterocycles. The summed E-state index contributed by atoms with van der Waals surface area (Å²) in [5, 5.41) is 6.69. The smallest absolute Gasteiger partial charge is 0.190 e. The second-order valence-corrected chi connectivity index (χ2v) is 6.49. The van der Waals surface area contributed by atoms with Gasteiger partial charge in [0.25, 0.3) is 0 Å². The van der Waals surface area contributed by atoms with Crippen molar-refractivity contribution in [2.75, 3.05) is 46.6 Å². The normalized spacial score (nSPS) is 17.2. The summed E-state index contributed by atoms with van der Waals surface area (Å²) in [6.45, 7) is 11.4. The highest BCUT2D eigenvalue weighted by atomic mass is 127. The number of ether oxygens (including phenoxy) is 3. The molecule has 25 heavy (non-hydrogen) atoms. The van der Waals surface area contributed by atoms with Crippen LogP contribution in [0.25, 0.3) is 0 Å². The quantitative estimate of drug-likeness (QED) is 0.210. The predicted octanol–water partition coefficient (Wildman–Crippen LogP) is 2.81. The molecular formula is C18H38IN3O3. The molecule has 0 amide bonds. The SMILES string of the molecule is CCOC(CCNC(=NC)NCCCOC1CCOCC1)C(C)C.I. The second-order valence-electron chi connectivity index (χ2n) is 6.49. The van der Waals surface area contributed by atoms with Gasteiger partial charge in [0.2, 0.25) is 0 Å². The lowest BCUT2D eigenvalue weighted by molar-refractivity contribution is -0.0320. The Labute approximate surface area is 170 Å². The lowest BCUT2D eigenvalue weighted by Gasteiger charge is -2.22. The molecule has 1 aliphatic rings. The first kappa shape index (κ1) is 24.9. The summed E-state index contributed by atoms with van der Waals surface area (Å²) in [4.78, 5) is 4.26. The van der Waals surface area contributed by atoms with Gasteiger partial charge in [0.15, 0.2) is 5.96 Å². The van der Waals surface area contributed by atoms with E-state index in [4.69, 9.17) is 14.2 Å². The van der Waals surface area contributed by atoms with Crippen molar-refractivity contribution in [3.63, 3.8) is 0 Å². The summed E-state index contributed by atoms with van der Waals surface area (Å²) >= 11 is 0. The molecule has 0 saturated carbocycles. The molecule has 0 spiro atoms. The van der Waals surface area contributed by atoms with Gasteiger partial charge >= 0.3 is 0 Å². The van der Waals surface area contributed by atoms with Crippen molar-refractivity contribution in [3.8, 4) is 0 Å². The molecule has 1 rings (SSSR count). The predicted molar refractivity (Wildman–Crippen MR) is 114 cm³/mol. The van der Waals surface area contributed by atoms with Crippen LogP contribution in [0.2, 0.25) is 0 Å². The molecule has 0 aromatic carbocycles. The highest BCUT2D eigenvalue weighted by Gasteiger charge is 2.14. The van der Waals surface area contributed by atoms with Crippen molar-refractivity contribution in [1.82, 2.24) is 10.6 Å². The Morgan fingerprint density at radius 3 is 2.48 bits per heavy atom. The largest absolute Gasteiger partial charge is 0.381 e. The van der Waals surface area contributed by atoms with Gasteiger partial charge in [-0.3, -0.25) is 4.99 Å². The van der Waals surface area contributed by atoms with Crippen LogP contribution in [0.4, 0.5) is 0 Å². The summed E-state index contributed by atoms with van der Waals surface area (Å²) in [5.41, 5.74) is 0. The Balaban J connectivity index is 0.00000576. The fourth-order valence-corrected chi connectivity index (χ4v) is 2.75. The van der Waals surface area contributed by atoms with Crippen LogP contribution in [0.1, 0.15) is 46.5 Å². The monoisotopic (exact) mass is 471 g/mol. The zero-order chi connectivity index (χ0) is 17.6. The average Bonchev–Trinajstić information content (AvgIpc) is 2.59. The van der Waals surface area contributed by atoms with Gasteiger partial charge in [-0.1, -0.05) is 13.8 Å². The van der Waals surface area contributed by atoms with Crippen molar-refractivity contribution in [1.29, 1.82) is 0 Å². The van der Waals surface area contributed by atoms with Crippen LogP contribution in [-0.2, 0) is 14.2 Å². The molecule has 1 fully saturated rings. The Kier molecular flexibility index (Phi) is 16.0. The molecule has 0 aromatic heterocycles. The van der Waals surface area contributed by atoms with Gasteiger partial charge in [-0.25, -0.2) is 0 Å². The number of rotatable bonds is 11. The Morgan fingerprint density at radius 2 is 1.88 bits per heavy atom. The molecule has 0 bridgehead atoms. The number of nitrogens with zero attached hydrogens (tertiary/aromatic N) is 1. The molecule has 1 aliphatic heterocycles. The van der Waals surface area contributed by atoms with Crippen molar-refractivity contribution < 1.29 is 14.2 Å². The van der Waals surface area contributed by atoms with E-state index in [0.29, 0.717) is 18.1 Å². The summed E-state index contributed by atoms with van der Waals surface area (Å²) in [6, 6.07) is 0. The zero-order valence-electron chi connectivity index (χ0n) is 16.4. The van der Waals surface area contributed by atoms with Crippen LogP contribution >= 0.6 is 24.0 Å². The molecule has 0 aromatic rings. The van der Waals surface area contributed by atoms with E-state index in [2.05, 4.69) is 29.5 Å². The van der Waals surface area contributed by atoms with Crippen molar-refractivity contribution >= 4 is 29.9 Å². The summed E-state index contributed by atoms with van der Waals surface area (Å²) < 4.78 is 17.0. The van der Waals surface area contributed by atoms with Crippen LogP contribution in [0.5, 0.6) is 0 Å². The Morgan fingerprint density at radius 1 is 1.20 bits per heavy atom. The third-order valence-corrected chi connectivity index (χ3v) is 4.20. The van der Waals surface area contributed by atoms with Crippen LogP contribution in [0, 0.1) is 5.92 Å². The maximum absolute atomic E-state index is 5.87. The maximum atomic E-state index is 5.87. The molecule has 1 atom stereocenters. The molecule has 150 valence electrons. The third kappa shape index (κ3) is 12.0. The molecule has 1 heterocycles. The standard InChI is InChI=1S/C18H37N3O3.HI/c1-5-23-17(15(2)3)7-11-21-18(19-4)20-10-6-12-24-16-8-13-22-14-9-16;/h15-17H,5-14H2,1-4H3,(H2,19,20,21);1H. The highest BCUT2D eigenvalue weighted by molar-refractivity contribution is 14.0. The summed E-state index contributed by atoms with van der Waals surface area (Å²) in [6.07, 6.45) is 4.68. The van der Waals surface area contributed by atoms with E-state index in [1.807, 2.05) is 6.92 Å². The number of hydrogen-bond acceptors (Lipinski definition) is 4. The topological polar surface area (TPSA) is 64.1 Å². The molecule has 2 N–H and O–H groups in total. The number of hydrogen-bond donors (Lipinski definition) is 2. The van der Waals surface area contributed by atoms with Crippen LogP contribution in [0.3, 0.4) is 0 Å². The number of nitrogens with one attached hydrogen (secondary N) is 2. The first-order chi connectivity index (χ1) is 11.7. The van der Waals surface area contributed by atoms with Crippen LogP contribution in [-0.4, -0.2) is 64.7 Å². The summed E-state index contributed by atoms with van der Waals surface area (Å²) in [5.74, 6) is 1.38. The summed E-state index contributed by atoms with van der Waals surface area (Å²) in [7, 11) is 1.80. The molecule has 1 unspecified atom stereocenters. The Bertz CT molecular complexity index is 338. The first-order valence-electron chi connectivity index (χ1n) is 9.42. The zero-order valence-corrected chi connectivity index (χ0v) is 18.7. The number of guanidine groups is 1. The van der Waals surface area contributed by atoms with Gasteiger partial charge in [-0.05, 0) is 38.5 Å². The fourth-order valence-electron chi connectivity index (χ4n) is 2.75. The van der Waals surface area contributed by atoms with Gasteiger partial charge in [0.1, 0.15) is 0 Å². The molecule has 6 nitrogen and oxygen atoms in total. The molecule has 0 radical (unpaired) electrons. The first-order valence-corrected chi connectivity index (χ1v) is 9.42. The van der Waals surface area contributed by atoms with Crippen molar-refractivity contribution in [2.24, 2.45) is 10.9 Å². The minimum absolute atomic E-state index is 0. The van der Waals surface area contributed by atoms with E-state index in [-0.39, 0.29) is 24.0 Å². The maximum Gasteiger partial charge on any atom is 0.190 e.